The first-order valence-corrected chi connectivity index (χ1v) is 22.9. The Morgan fingerprint density at radius 3 is 1.85 bits per heavy atom. The van der Waals surface area contributed by atoms with Crippen LogP contribution in [-0.4, -0.2) is 16.2 Å². The number of anilines is 4. The van der Waals surface area contributed by atoms with E-state index in [1.54, 1.807) is 0 Å². The average Bonchev–Trinajstić information content (AvgIpc) is 4.01. The molecule has 1 aliphatic carbocycles. The summed E-state index contributed by atoms with van der Waals surface area (Å²) in [5, 5.41) is 2.32. The van der Waals surface area contributed by atoms with Gasteiger partial charge in [-0.15, -0.1) is 22.6 Å². The van der Waals surface area contributed by atoms with Crippen LogP contribution >= 0.6 is 0 Å². The first-order valence-electron chi connectivity index (χ1n) is 22.9. The molecule has 12 rings (SSSR count). The Morgan fingerprint density at radius 2 is 1.14 bits per heavy atom. The number of aromatic nitrogens is 2. The van der Waals surface area contributed by atoms with Gasteiger partial charge < -0.3 is 14.4 Å². The predicted molar refractivity (Wildman–Crippen MR) is 269 cm³/mol. The Morgan fingerprint density at radius 1 is 0.530 bits per heavy atom. The van der Waals surface area contributed by atoms with Crippen LogP contribution in [0, 0.1) is 12.1 Å². The van der Waals surface area contributed by atoms with Crippen LogP contribution in [0.1, 0.15) is 72.9 Å². The van der Waals surface area contributed by atoms with Crippen LogP contribution in [0.5, 0.6) is 0 Å². The zero-order chi connectivity index (χ0) is 43.8. The molecule has 0 bridgehead atoms. The molecule has 0 atom stereocenters. The molecular weight excluding hydrogens is 984 g/mol. The van der Waals surface area contributed by atoms with Crippen LogP contribution in [0.25, 0.3) is 49.9 Å². The molecule has 10 aromatic rings. The quantitative estimate of drug-likeness (QED) is 0.142. The number of fused-ring (bicyclic) bond motifs is 7. The summed E-state index contributed by atoms with van der Waals surface area (Å²) < 4.78 is 2.34. The van der Waals surface area contributed by atoms with Gasteiger partial charge in [-0.05, 0) is 104 Å². The molecule has 0 saturated heterocycles. The molecular formula is C61H48N4Pt. The van der Waals surface area contributed by atoms with Gasteiger partial charge in [0.25, 0.3) is 0 Å². The largest absolute Gasteiger partial charge is 2.00 e. The van der Waals surface area contributed by atoms with E-state index in [9.17, 15) is 0 Å². The Bertz CT molecular complexity index is 3380. The van der Waals surface area contributed by atoms with Crippen molar-refractivity contribution in [1.82, 2.24) is 9.55 Å². The third-order valence-electron chi connectivity index (χ3n) is 13.9. The summed E-state index contributed by atoms with van der Waals surface area (Å²) in [4.78, 5) is 9.95. The van der Waals surface area contributed by atoms with Gasteiger partial charge in [0.05, 0.1) is 18.0 Å². The van der Waals surface area contributed by atoms with Crippen molar-refractivity contribution in [3.63, 3.8) is 0 Å². The van der Waals surface area contributed by atoms with Crippen LogP contribution in [0.4, 0.5) is 22.7 Å². The minimum atomic E-state index is -0.728. The number of para-hydroxylation sites is 4. The molecule has 0 fully saturated rings. The molecule has 66 heavy (non-hydrogen) atoms. The minimum Gasteiger partial charge on any atom is -0.345 e. The van der Waals surface area contributed by atoms with Crippen molar-refractivity contribution in [3.8, 4) is 28.1 Å². The number of rotatable bonds is 8. The van der Waals surface area contributed by atoms with Gasteiger partial charge in [0.2, 0.25) is 0 Å². The number of hydrogen-bond donors (Lipinski definition) is 0. The second kappa shape index (κ2) is 16.5. The van der Waals surface area contributed by atoms with Crippen LogP contribution in [-0.2, 0) is 26.5 Å². The average molecular weight is 1030 g/mol. The molecule has 2 aliphatic rings. The Hall–Kier alpha value is -7.00. The molecule has 1 aliphatic heterocycles. The molecule has 2 aromatic heterocycles. The Balaban J connectivity index is 0.00000481. The first-order chi connectivity index (χ1) is 31.9. The van der Waals surface area contributed by atoms with Crippen molar-refractivity contribution in [2.45, 2.75) is 44.9 Å². The van der Waals surface area contributed by atoms with Gasteiger partial charge in [0, 0.05) is 22.8 Å². The third kappa shape index (κ3) is 6.33. The topological polar surface area (TPSA) is 24.3 Å². The normalized spacial score (nSPS) is 13.6. The first kappa shape index (κ1) is 41.7. The van der Waals surface area contributed by atoms with Crippen molar-refractivity contribution < 1.29 is 21.1 Å². The van der Waals surface area contributed by atoms with Crippen molar-refractivity contribution in [2.24, 2.45) is 0 Å². The third-order valence-corrected chi connectivity index (χ3v) is 13.9. The molecule has 0 amide bonds. The summed E-state index contributed by atoms with van der Waals surface area (Å²) in [5.74, 6) is 1.62. The van der Waals surface area contributed by atoms with Gasteiger partial charge >= 0.3 is 21.1 Å². The molecule has 3 heterocycles. The van der Waals surface area contributed by atoms with Gasteiger partial charge in [-0.3, -0.25) is 0 Å². The van der Waals surface area contributed by atoms with Gasteiger partial charge in [-0.1, -0.05) is 154 Å². The molecule has 5 heteroatoms. The molecule has 0 radical (unpaired) electrons. The maximum absolute atomic E-state index is 5.16. The number of pyridine rings is 1. The van der Waals surface area contributed by atoms with Gasteiger partial charge in [-0.25, -0.2) is 4.98 Å². The van der Waals surface area contributed by atoms with E-state index in [0.29, 0.717) is 18.5 Å². The maximum Gasteiger partial charge on any atom is 2.00 e. The molecule has 4 nitrogen and oxygen atoms in total. The Kier molecular flexibility index (Phi) is 10.4. The molecule has 0 N–H and O–H groups in total. The fourth-order valence-corrected chi connectivity index (χ4v) is 11.0. The number of benzene rings is 8. The van der Waals surface area contributed by atoms with E-state index >= 15 is 0 Å². The molecule has 0 unspecified atom stereocenters. The van der Waals surface area contributed by atoms with Gasteiger partial charge in [0.1, 0.15) is 5.82 Å². The summed E-state index contributed by atoms with van der Waals surface area (Å²) in [6.07, 6.45) is 1.98. The van der Waals surface area contributed by atoms with Crippen LogP contribution in [0.3, 0.4) is 0 Å². The van der Waals surface area contributed by atoms with Crippen LogP contribution in [0.2, 0.25) is 0 Å². The summed E-state index contributed by atoms with van der Waals surface area (Å²) in [7, 11) is 0. The number of hydrogen-bond acceptors (Lipinski definition) is 3. The van der Waals surface area contributed by atoms with E-state index in [0.717, 1.165) is 50.4 Å². The maximum atomic E-state index is 5.16. The Labute approximate surface area is 402 Å². The van der Waals surface area contributed by atoms with E-state index < -0.39 is 5.41 Å². The van der Waals surface area contributed by atoms with Crippen molar-refractivity contribution >= 4 is 44.6 Å². The summed E-state index contributed by atoms with van der Waals surface area (Å²) in [6.45, 7) is 9.84. The minimum absolute atomic E-state index is 0. The van der Waals surface area contributed by atoms with E-state index in [4.69, 9.17) is 4.98 Å². The summed E-state index contributed by atoms with van der Waals surface area (Å²) in [6, 6.07) is 76.9. The molecule has 0 spiro atoms. The fourth-order valence-electron chi connectivity index (χ4n) is 11.0. The van der Waals surface area contributed by atoms with E-state index in [-0.39, 0.29) is 21.1 Å². The second-order valence-corrected chi connectivity index (χ2v) is 18.1. The zero-order valence-corrected chi connectivity index (χ0v) is 39.7. The molecule has 0 saturated carbocycles. The van der Waals surface area contributed by atoms with E-state index in [2.05, 4.69) is 242 Å². The smallest absolute Gasteiger partial charge is 0.345 e. The van der Waals surface area contributed by atoms with E-state index in [1.165, 1.54) is 55.6 Å². The predicted octanol–water partition coefficient (Wildman–Crippen LogP) is 15.3. The van der Waals surface area contributed by atoms with Crippen molar-refractivity contribution in [3.05, 3.63) is 240 Å². The standard InChI is InChI=1S/C61H48N4.Pt/c1-40(2)47-25-17-26-48(41(3)4)60(47)42-34-35-62-59(36-42)65-55-29-13-10-24-51(55)52-33-32-44(38-58(52)65)61(53-27-11-8-22-49(53)50-23-9-12-28-54(50)61)43-18-16-21-46(37-43)64-39-63(45-19-6-5-7-20-45)56-30-14-15-31-57(56)64;/h5-36,40-41H,39H2,1-4H3;/q-2;+2. The van der Waals surface area contributed by atoms with Crippen LogP contribution < -0.4 is 9.80 Å². The van der Waals surface area contributed by atoms with Gasteiger partial charge in [0.15, 0.2) is 0 Å². The van der Waals surface area contributed by atoms with E-state index in [1.807, 2.05) is 6.20 Å². The summed E-state index contributed by atoms with van der Waals surface area (Å²) in [5.41, 5.74) is 18.2. The fraction of sp³-hybridized carbons (Fsp3) is 0.131. The zero-order valence-electron chi connectivity index (χ0n) is 37.4. The van der Waals surface area contributed by atoms with Crippen molar-refractivity contribution in [1.29, 1.82) is 0 Å². The molecule has 8 aromatic carbocycles. The van der Waals surface area contributed by atoms with Crippen LogP contribution in [0.15, 0.2) is 194 Å². The SMILES string of the molecule is CC(C)c1cccc(C(C)C)c1-c1ccnc(-n2c3[c-]c(C4(c5[c-]c(N6CN(c7ccccc7)c7ccccc76)ccc5)c5ccccc5-c5ccccc54)ccc3c3ccccc32)c1.[Pt+2]. The monoisotopic (exact) mass is 1030 g/mol. The second-order valence-electron chi connectivity index (χ2n) is 18.1. The van der Waals surface area contributed by atoms with Crippen molar-refractivity contribution in [2.75, 3.05) is 16.5 Å². The molecule has 322 valence electrons. The number of nitrogens with zero attached hydrogens (tertiary/aromatic N) is 4. The van der Waals surface area contributed by atoms with Gasteiger partial charge in [-0.2, -0.15) is 36.4 Å². The summed E-state index contributed by atoms with van der Waals surface area (Å²) >= 11 is 0.